The topological polar surface area (TPSA) is 34.2 Å². The molecule has 1 aromatic heterocycles. The monoisotopic (exact) mass is 290 g/mol. The van der Waals surface area contributed by atoms with Gasteiger partial charge in [0.15, 0.2) is 0 Å². The Morgan fingerprint density at radius 2 is 2.05 bits per heavy atom. The largest absolute Gasteiger partial charge is 0.497 e. The van der Waals surface area contributed by atoms with Crippen LogP contribution in [0.1, 0.15) is 35.7 Å². The number of thiazole rings is 1. The lowest BCUT2D eigenvalue weighted by Crippen LogP contribution is -2.24. The summed E-state index contributed by atoms with van der Waals surface area (Å²) in [5.41, 5.74) is 2.39. The minimum Gasteiger partial charge on any atom is -0.497 e. The van der Waals surface area contributed by atoms with E-state index in [0.29, 0.717) is 6.04 Å². The van der Waals surface area contributed by atoms with Crippen molar-refractivity contribution in [1.82, 2.24) is 10.3 Å². The zero-order valence-corrected chi connectivity index (χ0v) is 13.2. The van der Waals surface area contributed by atoms with Gasteiger partial charge in [-0.2, -0.15) is 0 Å². The number of aryl methyl sites for hydroxylation is 1. The van der Waals surface area contributed by atoms with Crippen LogP contribution in [0.25, 0.3) is 0 Å². The molecule has 1 unspecified atom stereocenters. The van der Waals surface area contributed by atoms with Gasteiger partial charge in [-0.1, -0.05) is 19.1 Å². The molecule has 1 atom stereocenters. The van der Waals surface area contributed by atoms with Gasteiger partial charge in [0.25, 0.3) is 0 Å². The van der Waals surface area contributed by atoms with Crippen molar-refractivity contribution >= 4 is 11.3 Å². The normalized spacial score (nSPS) is 12.3. The van der Waals surface area contributed by atoms with Gasteiger partial charge in [0.2, 0.25) is 0 Å². The second kappa shape index (κ2) is 7.41. The van der Waals surface area contributed by atoms with Crippen LogP contribution in [-0.4, -0.2) is 18.6 Å². The number of aromatic nitrogens is 1. The first-order valence-corrected chi connectivity index (χ1v) is 7.89. The van der Waals surface area contributed by atoms with Gasteiger partial charge in [-0.3, -0.25) is 0 Å². The highest BCUT2D eigenvalue weighted by atomic mass is 32.1. The van der Waals surface area contributed by atoms with Crippen molar-refractivity contribution in [2.75, 3.05) is 13.7 Å². The quantitative estimate of drug-likeness (QED) is 0.843. The number of ether oxygens (including phenoxy) is 1. The summed E-state index contributed by atoms with van der Waals surface area (Å²) >= 11 is 1.74. The molecule has 1 heterocycles. The average Bonchev–Trinajstić information content (AvgIpc) is 2.89. The Morgan fingerprint density at radius 1 is 1.30 bits per heavy atom. The molecule has 3 nitrogen and oxygen atoms in total. The van der Waals surface area contributed by atoms with E-state index in [-0.39, 0.29) is 0 Å². The van der Waals surface area contributed by atoms with Crippen LogP contribution in [0.2, 0.25) is 0 Å². The molecule has 108 valence electrons. The van der Waals surface area contributed by atoms with Crippen molar-refractivity contribution in [3.63, 3.8) is 0 Å². The Balaban J connectivity index is 2.12. The van der Waals surface area contributed by atoms with E-state index in [0.717, 1.165) is 30.8 Å². The second-order valence-electron chi connectivity index (χ2n) is 4.87. The summed E-state index contributed by atoms with van der Waals surface area (Å²) in [7, 11) is 1.69. The smallest absolute Gasteiger partial charge is 0.118 e. The van der Waals surface area contributed by atoms with E-state index < -0.39 is 0 Å². The molecule has 0 aliphatic carbocycles. The molecule has 0 saturated carbocycles. The molecular weight excluding hydrogens is 268 g/mol. The molecule has 2 rings (SSSR count). The molecular formula is C16H22N2OS. The molecule has 20 heavy (non-hydrogen) atoms. The van der Waals surface area contributed by atoms with Gasteiger partial charge < -0.3 is 10.1 Å². The Hall–Kier alpha value is -1.39. The number of nitrogens with zero attached hydrogens (tertiary/aromatic N) is 1. The standard InChI is InChI=1S/C16H22N2OS/c1-4-9-17-15(10-16-18-12(2)11-20-16)13-5-7-14(19-3)8-6-13/h5-8,11,15,17H,4,9-10H2,1-3H3. The van der Waals surface area contributed by atoms with Crippen molar-refractivity contribution < 1.29 is 4.74 Å². The first-order chi connectivity index (χ1) is 9.72. The highest BCUT2D eigenvalue weighted by molar-refractivity contribution is 7.09. The zero-order valence-electron chi connectivity index (χ0n) is 12.3. The number of methoxy groups -OCH3 is 1. The molecule has 0 spiro atoms. The molecule has 0 saturated heterocycles. The van der Waals surface area contributed by atoms with Crippen LogP contribution in [0.15, 0.2) is 29.6 Å². The minimum absolute atomic E-state index is 0.311. The van der Waals surface area contributed by atoms with Crippen molar-refractivity contribution in [2.24, 2.45) is 0 Å². The van der Waals surface area contributed by atoms with Crippen LogP contribution in [0.3, 0.4) is 0 Å². The van der Waals surface area contributed by atoms with Gasteiger partial charge in [-0.25, -0.2) is 4.98 Å². The summed E-state index contributed by atoms with van der Waals surface area (Å²) in [6.07, 6.45) is 2.06. The van der Waals surface area contributed by atoms with Crippen LogP contribution >= 0.6 is 11.3 Å². The first kappa shape index (κ1) is 15.0. The lowest BCUT2D eigenvalue weighted by Gasteiger charge is -2.18. The van der Waals surface area contributed by atoms with Crippen molar-refractivity contribution in [3.8, 4) is 5.75 Å². The number of hydrogen-bond donors (Lipinski definition) is 1. The van der Waals surface area contributed by atoms with E-state index in [4.69, 9.17) is 4.74 Å². The molecule has 1 N–H and O–H groups in total. The number of rotatable bonds is 7. The lowest BCUT2D eigenvalue weighted by molar-refractivity contribution is 0.414. The summed E-state index contributed by atoms with van der Waals surface area (Å²) in [4.78, 5) is 4.57. The molecule has 2 aromatic rings. The predicted octanol–water partition coefficient (Wildman–Crippen LogP) is 3.74. The Bertz CT molecular complexity index is 522. The fourth-order valence-electron chi connectivity index (χ4n) is 2.13. The Labute approximate surface area is 125 Å². The van der Waals surface area contributed by atoms with Crippen LogP contribution < -0.4 is 10.1 Å². The lowest BCUT2D eigenvalue weighted by atomic mass is 10.0. The fourth-order valence-corrected chi connectivity index (χ4v) is 2.95. The number of nitrogens with one attached hydrogen (secondary N) is 1. The zero-order chi connectivity index (χ0) is 14.4. The Kier molecular flexibility index (Phi) is 5.56. The molecule has 1 aromatic carbocycles. The van der Waals surface area contributed by atoms with E-state index in [9.17, 15) is 0 Å². The van der Waals surface area contributed by atoms with Crippen molar-refractivity contribution in [3.05, 3.63) is 45.9 Å². The summed E-state index contributed by atoms with van der Waals surface area (Å²) in [6, 6.07) is 8.61. The van der Waals surface area contributed by atoms with E-state index in [1.165, 1.54) is 10.6 Å². The van der Waals surface area contributed by atoms with E-state index in [1.54, 1.807) is 18.4 Å². The summed E-state index contributed by atoms with van der Waals surface area (Å²) in [6.45, 7) is 5.24. The third-order valence-corrected chi connectivity index (χ3v) is 4.19. The molecule has 0 fully saturated rings. The maximum absolute atomic E-state index is 5.22. The van der Waals surface area contributed by atoms with Gasteiger partial charge in [-0.15, -0.1) is 11.3 Å². The van der Waals surface area contributed by atoms with Gasteiger partial charge in [-0.05, 0) is 37.6 Å². The van der Waals surface area contributed by atoms with Gasteiger partial charge in [0, 0.05) is 23.5 Å². The van der Waals surface area contributed by atoms with Crippen molar-refractivity contribution in [2.45, 2.75) is 32.7 Å². The van der Waals surface area contributed by atoms with Gasteiger partial charge in [0.05, 0.1) is 12.1 Å². The maximum Gasteiger partial charge on any atom is 0.118 e. The number of benzene rings is 1. The second-order valence-corrected chi connectivity index (χ2v) is 5.81. The SMILES string of the molecule is CCCNC(Cc1nc(C)cs1)c1ccc(OC)cc1. The predicted molar refractivity (Wildman–Crippen MR) is 84.6 cm³/mol. The molecule has 0 bridgehead atoms. The summed E-state index contributed by atoms with van der Waals surface area (Å²) in [5, 5.41) is 6.91. The van der Waals surface area contributed by atoms with E-state index in [2.05, 4.69) is 34.7 Å². The first-order valence-electron chi connectivity index (χ1n) is 7.01. The van der Waals surface area contributed by atoms with Crippen LogP contribution in [0, 0.1) is 6.92 Å². The number of hydrogen-bond acceptors (Lipinski definition) is 4. The molecule has 0 aliphatic rings. The van der Waals surface area contributed by atoms with Crippen molar-refractivity contribution in [1.29, 1.82) is 0 Å². The maximum atomic E-state index is 5.22. The summed E-state index contributed by atoms with van der Waals surface area (Å²) < 4.78 is 5.22. The van der Waals surface area contributed by atoms with Crippen LogP contribution in [0.5, 0.6) is 5.75 Å². The molecule has 0 amide bonds. The molecule has 0 radical (unpaired) electrons. The summed E-state index contributed by atoms with van der Waals surface area (Å²) in [5.74, 6) is 0.896. The third-order valence-electron chi connectivity index (χ3n) is 3.20. The van der Waals surface area contributed by atoms with Gasteiger partial charge in [0.1, 0.15) is 5.75 Å². The fraction of sp³-hybridized carbons (Fsp3) is 0.438. The Morgan fingerprint density at radius 3 is 2.60 bits per heavy atom. The molecule has 0 aliphatic heterocycles. The highest BCUT2D eigenvalue weighted by Crippen LogP contribution is 2.23. The minimum atomic E-state index is 0.311. The van der Waals surface area contributed by atoms with E-state index >= 15 is 0 Å². The highest BCUT2D eigenvalue weighted by Gasteiger charge is 2.13. The third kappa shape index (κ3) is 4.05. The average molecular weight is 290 g/mol. The van der Waals surface area contributed by atoms with Crippen LogP contribution in [-0.2, 0) is 6.42 Å². The van der Waals surface area contributed by atoms with Crippen LogP contribution in [0.4, 0.5) is 0 Å². The van der Waals surface area contributed by atoms with Gasteiger partial charge >= 0.3 is 0 Å². The molecule has 4 heteroatoms. The van der Waals surface area contributed by atoms with E-state index in [1.807, 2.05) is 19.1 Å².